The van der Waals surface area contributed by atoms with E-state index in [9.17, 15) is 0 Å². The second kappa shape index (κ2) is 14.0. The fourth-order valence-corrected chi connectivity index (χ4v) is 14.7. The van der Waals surface area contributed by atoms with Crippen LogP contribution in [-0.4, -0.2) is 8.07 Å². The lowest BCUT2D eigenvalue weighted by molar-refractivity contribution is 1.30. The molecule has 0 aliphatic carbocycles. The molecule has 1 aliphatic rings. The second-order valence-corrected chi connectivity index (χ2v) is 19.0. The first kappa shape index (κ1) is 34.0. The van der Waals surface area contributed by atoms with Crippen molar-refractivity contribution in [3.63, 3.8) is 0 Å². The summed E-state index contributed by atoms with van der Waals surface area (Å²) in [5, 5.41) is 10.7. The third-order valence-electron chi connectivity index (χ3n) is 12.1. The number of hydrogen-bond acceptors (Lipinski definition) is 1. The molecule has 0 radical (unpaired) electrons. The zero-order chi connectivity index (χ0) is 38.5. The Bertz CT molecular complexity index is 3040. The van der Waals surface area contributed by atoms with Crippen LogP contribution in [-0.2, 0) is 0 Å². The molecule has 0 amide bonds. The van der Waals surface area contributed by atoms with Crippen molar-refractivity contribution in [2.45, 2.75) is 0 Å². The van der Waals surface area contributed by atoms with E-state index in [0.29, 0.717) is 0 Å². The fraction of sp³-hybridized carbons (Fsp3) is 0. The molecule has 272 valence electrons. The van der Waals surface area contributed by atoms with Gasteiger partial charge in [-0.3, -0.25) is 0 Å². The zero-order valence-electron chi connectivity index (χ0n) is 32.0. The summed E-state index contributed by atoms with van der Waals surface area (Å²) in [7, 11) is -2.52. The highest BCUT2D eigenvalue weighted by atomic mass is 28.3. The van der Waals surface area contributed by atoms with E-state index in [4.69, 9.17) is 0 Å². The number of nitrogens with zero attached hydrogens (tertiary/aromatic N) is 1. The van der Waals surface area contributed by atoms with Crippen molar-refractivity contribution in [1.29, 1.82) is 0 Å². The molecule has 10 aromatic carbocycles. The van der Waals surface area contributed by atoms with Gasteiger partial charge in [-0.2, -0.15) is 0 Å². The maximum absolute atomic E-state index is 2.52. The third-order valence-corrected chi connectivity index (χ3v) is 17.0. The summed E-state index contributed by atoms with van der Waals surface area (Å²) in [5.74, 6) is 0. The first-order valence-corrected chi connectivity index (χ1v) is 22.1. The van der Waals surface area contributed by atoms with Crippen molar-refractivity contribution < 1.29 is 0 Å². The van der Waals surface area contributed by atoms with Gasteiger partial charge in [-0.15, -0.1) is 0 Å². The molecule has 0 fully saturated rings. The van der Waals surface area contributed by atoms with Crippen LogP contribution in [0.2, 0.25) is 0 Å². The topological polar surface area (TPSA) is 3.24 Å². The Morgan fingerprint density at radius 3 is 1.41 bits per heavy atom. The number of fused-ring (bicyclic) bond motifs is 6. The highest BCUT2D eigenvalue weighted by Gasteiger charge is 2.48. The number of hydrogen-bond donors (Lipinski definition) is 0. The average Bonchev–Trinajstić information content (AvgIpc) is 3.61. The van der Waals surface area contributed by atoms with Crippen LogP contribution in [0.4, 0.5) is 17.1 Å². The molecule has 10 aromatic rings. The number of benzene rings is 10. The molecule has 0 N–H and O–H groups in total. The monoisotopic (exact) mass is 753 g/mol. The minimum Gasteiger partial charge on any atom is -0.310 e. The molecule has 0 saturated heterocycles. The summed E-state index contributed by atoms with van der Waals surface area (Å²) in [6, 6.07) is 87.5. The number of rotatable bonds is 7. The lowest BCUT2D eigenvalue weighted by Gasteiger charge is -2.31. The van der Waals surface area contributed by atoms with Gasteiger partial charge in [-0.25, -0.2) is 0 Å². The second-order valence-electron chi connectivity index (χ2n) is 15.2. The normalized spacial score (nSPS) is 12.6. The Hall–Kier alpha value is -7.26. The Labute approximate surface area is 340 Å². The standard InChI is InChI=1S/C56H39NSi/c1-4-16-40(17-5-1)41-28-33-45(34-29-41)57(54-39-44-18-10-11-23-49(44)50-24-12-13-25-51(50)54)46-35-30-42(31-36-46)43-32-37-56-53(38-43)52-26-14-15-27-55(52)58(56,47-19-6-2-7-20-47)48-21-8-3-9-22-48/h1-39H. The van der Waals surface area contributed by atoms with Gasteiger partial charge in [0.05, 0.1) is 5.69 Å². The van der Waals surface area contributed by atoms with E-state index < -0.39 is 8.07 Å². The van der Waals surface area contributed by atoms with E-state index in [1.807, 2.05) is 0 Å². The molecule has 0 unspecified atom stereocenters. The van der Waals surface area contributed by atoms with E-state index in [2.05, 4.69) is 241 Å². The summed E-state index contributed by atoms with van der Waals surface area (Å²) in [5.41, 5.74) is 10.9. The first-order chi connectivity index (χ1) is 28.8. The van der Waals surface area contributed by atoms with E-state index in [1.54, 1.807) is 0 Å². The Morgan fingerprint density at radius 2 is 0.759 bits per heavy atom. The van der Waals surface area contributed by atoms with E-state index in [0.717, 1.165) is 17.1 Å². The smallest absolute Gasteiger partial charge is 0.180 e. The van der Waals surface area contributed by atoms with E-state index in [1.165, 1.54) is 75.7 Å². The van der Waals surface area contributed by atoms with Crippen LogP contribution in [0.1, 0.15) is 0 Å². The molecule has 11 rings (SSSR count). The number of anilines is 3. The highest BCUT2D eigenvalue weighted by molar-refractivity contribution is 7.22. The first-order valence-electron chi connectivity index (χ1n) is 20.1. The molecule has 1 nitrogen and oxygen atoms in total. The van der Waals surface area contributed by atoms with Crippen molar-refractivity contribution in [2.24, 2.45) is 0 Å². The van der Waals surface area contributed by atoms with E-state index >= 15 is 0 Å². The minimum absolute atomic E-state index is 1.11. The van der Waals surface area contributed by atoms with Crippen LogP contribution in [0.3, 0.4) is 0 Å². The maximum Gasteiger partial charge on any atom is 0.180 e. The van der Waals surface area contributed by atoms with Crippen LogP contribution in [0.5, 0.6) is 0 Å². The third kappa shape index (κ3) is 5.45. The zero-order valence-corrected chi connectivity index (χ0v) is 33.0. The van der Waals surface area contributed by atoms with Crippen molar-refractivity contribution in [1.82, 2.24) is 0 Å². The van der Waals surface area contributed by atoms with Gasteiger partial charge < -0.3 is 4.90 Å². The summed E-state index contributed by atoms with van der Waals surface area (Å²) in [6.07, 6.45) is 0. The molecule has 1 aliphatic heterocycles. The van der Waals surface area contributed by atoms with Crippen LogP contribution < -0.4 is 25.6 Å². The van der Waals surface area contributed by atoms with Crippen LogP contribution in [0.25, 0.3) is 54.9 Å². The lowest BCUT2D eigenvalue weighted by Crippen LogP contribution is -2.72. The largest absolute Gasteiger partial charge is 0.310 e. The minimum atomic E-state index is -2.52. The molecule has 58 heavy (non-hydrogen) atoms. The van der Waals surface area contributed by atoms with Gasteiger partial charge >= 0.3 is 0 Å². The maximum atomic E-state index is 2.45. The van der Waals surface area contributed by atoms with Gasteiger partial charge in [-0.1, -0.05) is 200 Å². The summed E-state index contributed by atoms with van der Waals surface area (Å²) in [6.45, 7) is 0. The van der Waals surface area contributed by atoms with Gasteiger partial charge in [0.2, 0.25) is 0 Å². The molecule has 2 heteroatoms. The molecule has 0 spiro atoms. The SMILES string of the molecule is c1ccc(-c2ccc(N(c3ccc(-c4ccc5c(c4)-c4ccccc4[Si]5(c4ccccc4)c4ccccc4)cc3)c3cc4ccccc4c4ccccc34)cc2)cc1. The van der Waals surface area contributed by atoms with Crippen molar-refractivity contribution in [3.05, 3.63) is 237 Å². The quantitative estimate of drug-likeness (QED) is 0.116. The Kier molecular flexibility index (Phi) is 8.23. The fourth-order valence-electron chi connectivity index (χ4n) is 9.51. The van der Waals surface area contributed by atoms with Crippen molar-refractivity contribution in [2.75, 3.05) is 4.90 Å². The van der Waals surface area contributed by atoms with Gasteiger partial charge in [0.25, 0.3) is 0 Å². The molecule has 0 bridgehead atoms. The molecule has 0 atom stereocenters. The molecule has 1 heterocycles. The van der Waals surface area contributed by atoms with Crippen LogP contribution >= 0.6 is 0 Å². The summed E-state index contributed by atoms with van der Waals surface area (Å²) < 4.78 is 0. The Balaban J connectivity index is 1.05. The van der Waals surface area contributed by atoms with Gasteiger partial charge in [0, 0.05) is 16.8 Å². The van der Waals surface area contributed by atoms with E-state index in [-0.39, 0.29) is 0 Å². The Morgan fingerprint density at radius 1 is 0.293 bits per heavy atom. The lowest BCUT2D eigenvalue weighted by atomic mass is 9.97. The predicted octanol–water partition coefficient (Wildman–Crippen LogP) is 12.2. The van der Waals surface area contributed by atoms with Crippen LogP contribution in [0.15, 0.2) is 237 Å². The van der Waals surface area contributed by atoms with Gasteiger partial charge in [0.15, 0.2) is 8.07 Å². The molecule has 0 aromatic heterocycles. The summed E-state index contributed by atoms with van der Waals surface area (Å²) >= 11 is 0. The molecule has 0 saturated carbocycles. The van der Waals surface area contributed by atoms with Gasteiger partial charge in [-0.05, 0) is 107 Å². The van der Waals surface area contributed by atoms with Crippen molar-refractivity contribution >= 4 is 67.4 Å². The van der Waals surface area contributed by atoms with Crippen LogP contribution in [0, 0.1) is 0 Å². The van der Waals surface area contributed by atoms with Gasteiger partial charge in [0.1, 0.15) is 0 Å². The van der Waals surface area contributed by atoms with Crippen molar-refractivity contribution in [3.8, 4) is 33.4 Å². The predicted molar refractivity (Wildman–Crippen MR) is 250 cm³/mol. The summed E-state index contributed by atoms with van der Waals surface area (Å²) in [4.78, 5) is 2.42. The molecular formula is C56H39NSi. The average molecular weight is 754 g/mol. The highest BCUT2D eigenvalue weighted by Crippen LogP contribution is 2.43. The molecular weight excluding hydrogens is 715 g/mol.